The van der Waals surface area contributed by atoms with Gasteiger partial charge in [0, 0.05) is 12.6 Å². The molecule has 2 aromatic rings. The summed E-state index contributed by atoms with van der Waals surface area (Å²) >= 11 is 0. The van der Waals surface area contributed by atoms with E-state index in [-0.39, 0.29) is 5.54 Å². The van der Waals surface area contributed by atoms with Gasteiger partial charge in [-0.15, -0.1) is 0 Å². The molecule has 1 aromatic carbocycles. The summed E-state index contributed by atoms with van der Waals surface area (Å²) in [5.41, 5.74) is 3.71. The molecule has 17 heavy (non-hydrogen) atoms. The van der Waals surface area contributed by atoms with Crippen LogP contribution in [0.4, 0.5) is 0 Å². The molecule has 0 spiro atoms. The van der Waals surface area contributed by atoms with Crippen molar-refractivity contribution in [2.45, 2.75) is 18.4 Å². The standard InChI is InChI=1S/C14H17N3/c1-15-14(8-9-14)13-10-12(16-17(13)2)11-6-4-3-5-7-11/h3-7,10,15H,8-9H2,1-2H3. The molecule has 1 aliphatic carbocycles. The van der Waals surface area contributed by atoms with Gasteiger partial charge in [-0.05, 0) is 26.0 Å². The van der Waals surface area contributed by atoms with E-state index in [0.717, 1.165) is 5.69 Å². The van der Waals surface area contributed by atoms with E-state index in [4.69, 9.17) is 0 Å². The molecule has 0 atom stereocenters. The molecule has 1 N–H and O–H groups in total. The fourth-order valence-corrected chi connectivity index (χ4v) is 2.42. The average molecular weight is 227 g/mol. The second kappa shape index (κ2) is 3.70. The van der Waals surface area contributed by atoms with E-state index >= 15 is 0 Å². The second-order valence-corrected chi connectivity index (χ2v) is 4.74. The van der Waals surface area contributed by atoms with E-state index in [9.17, 15) is 0 Å². The number of hydrogen-bond acceptors (Lipinski definition) is 2. The maximum atomic E-state index is 4.61. The van der Waals surface area contributed by atoms with Gasteiger partial charge in [0.15, 0.2) is 0 Å². The monoisotopic (exact) mass is 227 g/mol. The lowest BCUT2D eigenvalue weighted by molar-refractivity contribution is 0.527. The Hall–Kier alpha value is -1.61. The molecular weight excluding hydrogens is 210 g/mol. The molecule has 0 unspecified atom stereocenters. The lowest BCUT2D eigenvalue weighted by Crippen LogP contribution is -2.27. The Morgan fingerprint density at radius 2 is 1.94 bits per heavy atom. The molecular formula is C14H17N3. The van der Waals surface area contributed by atoms with Crippen molar-refractivity contribution in [2.24, 2.45) is 7.05 Å². The van der Waals surface area contributed by atoms with Gasteiger partial charge in [-0.2, -0.15) is 5.10 Å². The summed E-state index contributed by atoms with van der Waals surface area (Å²) in [6, 6.07) is 12.5. The Morgan fingerprint density at radius 1 is 1.24 bits per heavy atom. The van der Waals surface area contributed by atoms with Crippen LogP contribution in [0.3, 0.4) is 0 Å². The van der Waals surface area contributed by atoms with Crippen LogP contribution in [-0.4, -0.2) is 16.8 Å². The zero-order valence-corrected chi connectivity index (χ0v) is 10.3. The predicted molar refractivity (Wildman–Crippen MR) is 68.6 cm³/mol. The van der Waals surface area contributed by atoms with Gasteiger partial charge in [0.05, 0.1) is 16.9 Å². The van der Waals surface area contributed by atoms with Crippen LogP contribution in [-0.2, 0) is 12.6 Å². The molecule has 0 amide bonds. The molecule has 88 valence electrons. The lowest BCUT2D eigenvalue weighted by atomic mass is 10.1. The Balaban J connectivity index is 2.02. The molecule has 1 saturated carbocycles. The number of aryl methyl sites for hydroxylation is 1. The minimum atomic E-state index is 0.175. The highest BCUT2D eigenvalue weighted by Gasteiger charge is 2.45. The SMILES string of the molecule is CNC1(c2cc(-c3ccccc3)nn2C)CC1. The normalized spacial score (nSPS) is 17.1. The minimum absolute atomic E-state index is 0.175. The summed E-state index contributed by atoms with van der Waals surface area (Å²) in [5.74, 6) is 0. The van der Waals surface area contributed by atoms with Crippen molar-refractivity contribution in [1.82, 2.24) is 15.1 Å². The first kappa shape index (κ1) is 10.5. The third kappa shape index (κ3) is 1.67. The minimum Gasteiger partial charge on any atom is -0.309 e. The van der Waals surface area contributed by atoms with Crippen molar-refractivity contribution in [2.75, 3.05) is 7.05 Å². The highest BCUT2D eigenvalue weighted by molar-refractivity contribution is 5.59. The van der Waals surface area contributed by atoms with Crippen molar-refractivity contribution in [3.8, 4) is 11.3 Å². The van der Waals surface area contributed by atoms with E-state index in [0.29, 0.717) is 0 Å². The first-order valence-electron chi connectivity index (χ1n) is 6.04. The van der Waals surface area contributed by atoms with Gasteiger partial charge in [0.25, 0.3) is 0 Å². The molecule has 0 aliphatic heterocycles. The highest BCUT2D eigenvalue weighted by atomic mass is 15.3. The summed E-state index contributed by atoms with van der Waals surface area (Å²) in [6.07, 6.45) is 2.41. The van der Waals surface area contributed by atoms with Crippen molar-refractivity contribution in [3.63, 3.8) is 0 Å². The Morgan fingerprint density at radius 3 is 2.53 bits per heavy atom. The number of rotatable bonds is 3. The van der Waals surface area contributed by atoms with E-state index in [1.54, 1.807) is 0 Å². The van der Waals surface area contributed by atoms with Crippen LogP contribution in [0, 0.1) is 0 Å². The molecule has 0 saturated heterocycles. The largest absolute Gasteiger partial charge is 0.309 e. The van der Waals surface area contributed by atoms with Gasteiger partial charge in [0.2, 0.25) is 0 Å². The molecule has 1 aliphatic rings. The fourth-order valence-electron chi connectivity index (χ4n) is 2.42. The molecule has 0 bridgehead atoms. The van der Waals surface area contributed by atoms with Crippen molar-refractivity contribution >= 4 is 0 Å². The van der Waals surface area contributed by atoms with Gasteiger partial charge < -0.3 is 5.32 Å². The quantitative estimate of drug-likeness (QED) is 0.872. The second-order valence-electron chi connectivity index (χ2n) is 4.74. The molecule has 1 fully saturated rings. The van der Waals surface area contributed by atoms with Crippen molar-refractivity contribution in [1.29, 1.82) is 0 Å². The fraction of sp³-hybridized carbons (Fsp3) is 0.357. The number of aromatic nitrogens is 2. The highest BCUT2D eigenvalue weighted by Crippen LogP contribution is 2.45. The molecule has 1 heterocycles. The third-order valence-electron chi connectivity index (χ3n) is 3.67. The van der Waals surface area contributed by atoms with Crippen LogP contribution in [0.15, 0.2) is 36.4 Å². The number of nitrogens with zero attached hydrogens (tertiary/aromatic N) is 2. The molecule has 3 heteroatoms. The van der Waals surface area contributed by atoms with Crippen LogP contribution in [0.25, 0.3) is 11.3 Å². The van der Waals surface area contributed by atoms with Crippen LogP contribution < -0.4 is 5.32 Å². The zero-order valence-electron chi connectivity index (χ0n) is 10.3. The average Bonchev–Trinajstić information content (AvgIpc) is 3.07. The first-order chi connectivity index (χ1) is 8.25. The summed E-state index contributed by atoms with van der Waals surface area (Å²) in [4.78, 5) is 0. The van der Waals surface area contributed by atoms with Crippen LogP contribution in [0.5, 0.6) is 0 Å². The lowest BCUT2D eigenvalue weighted by Gasteiger charge is -2.13. The summed E-state index contributed by atoms with van der Waals surface area (Å²) in [5, 5.41) is 8.03. The van der Waals surface area contributed by atoms with Crippen molar-refractivity contribution in [3.05, 3.63) is 42.1 Å². The summed E-state index contributed by atoms with van der Waals surface area (Å²) in [7, 11) is 4.06. The van der Waals surface area contributed by atoms with Crippen LogP contribution in [0.2, 0.25) is 0 Å². The molecule has 3 rings (SSSR count). The zero-order chi connectivity index (χ0) is 11.9. The number of hydrogen-bond donors (Lipinski definition) is 1. The first-order valence-corrected chi connectivity index (χ1v) is 6.04. The van der Waals surface area contributed by atoms with Crippen molar-refractivity contribution < 1.29 is 0 Å². The smallest absolute Gasteiger partial charge is 0.0926 e. The van der Waals surface area contributed by atoms with E-state index in [1.807, 2.05) is 24.8 Å². The Bertz CT molecular complexity index is 524. The van der Waals surface area contributed by atoms with Gasteiger partial charge in [-0.3, -0.25) is 4.68 Å². The topological polar surface area (TPSA) is 29.9 Å². The van der Waals surface area contributed by atoms with Gasteiger partial charge >= 0.3 is 0 Å². The summed E-state index contributed by atoms with van der Waals surface area (Å²) < 4.78 is 2.01. The van der Waals surface area contributed by atoms with Crippen LogP contribution >= 0.6 is 0 Å². The molecule has 3 nitrogen and oxygen atoms in total. The molecule has 1 aromatic heterocycles. The maximum Gasteiger partial charge on any atom is 0.0926 e. The van der Waals surface area contributed by atoms with E-state index < -0.39 is 0 Å². The third-order valence-corrected chi connectivity index (χ3v) is 3.67. The predicted octanol–water partition coefficient (Wildman–Crippen LogP) is 2.30. The van der Waals surface area contributed by atoms with Gasteiger partial charge in [0.1, 0.15) is 0 Å². The Kier molecular flexibility index (Phi) is 2.30. The summed E-state index contributed by atoms with van der Waals surface area (Å²) in [6.45, 7) is 0. The van der Waals surface area contributed by atoms with Crippen LogP contribution in [0.1, 0.15) is 18.5 Å². The number of nitrogens with one attached hydrogen (secondary N) is 1. The Labute approximate surface area is 101 Å². The number of benzene rings is 1. The van der Waals surface area contributed by atoms with E-state index in [2.05, 4.69) is 40.7 Å². The molecule has 0 radical (unpaired) electrons. The maximum absolute atomic E-state index is 4.61. The van der Waals surface area contributed by atoms with Gasteiger partial charge in [-0.1, -0.05) is 30.3 Å². The van der Waals surface area contributed by atoms with Gasteiger partial charge in [-0.25, -0.2) is 0 Å². The van der Waals surface area contributed by atoms with E-state index in [1.165, 1.54) is 24.1 Å².